The molecule has 1 heterocycles. The van der Waals surface area contributed by atoms with Crippen LogP contribution in [0, 0.1) is 6.92 Å². The lowest BCUT2D eigenvalue weighted by atomic mass is 10.1. The van der Waals surface area contributed by atoms with Crippen molar-refractivity contribution in [2.45, 2.75) is 20.4 Å². The Hall–Kier alpha value is -1.90. The summed E-state index contributed by atoms with van der Waals surface area (Å²) < 4.78 is 1.85. The van der Waals surface area contributed by atoms with Crippen LogP contribution in [0.2, 0.25) is 0 Å². The second kappa shape index (κ2) is 4.31. The Morgan fingerprint density at radius 2 is 2.25 bits per heavy atom. The van der Waals surface area contributed by atoms with E-state index in [4.69, 9.17) is 0 Å². The molecule has 0 saturated carbocycles. The number of hydrogen-bond acceptors (Lipinski definition) is 2. The third-order valence-corrected chi connectivity index (χ3v) is 2.54. The van der Waals surface area contributed by atoms with Crippen LogP contribution in [0.25, 0.3) is 0 Å². The molecule has 0 bridgehead atoms. The van der Waals surface area contributed by atoms with Gasteiger partial charge in [-0.3, -0.25) is 4.79 Å². The van der Waals surface area contributed by atoms with Crippen LogP contribution in [0.4, 0.5) is 0 Å². The summed E-state index contributed by atoms with van der Waals surface area (Å²) in [6.07, 6.45) is 3.48. The zero-order valence-corrected chi connectivity index (χ0v) is 9.47. The van der Waals surface area contributed by atoms with Gasteiger partial charge in [-0.2, -0.15) is 0 Å². The van der Waals surface area contributed by atoms with E-state index in [1.165, 1.54) is 0 Å². The molecule has 16 heavy (non-hydrogen) atoms. The Labute approximate surface area is 94.7 Å². The predicted molar refractivity (Wildman–Crippen MR) is 62.5 cm³/mol. The summed E-state index contributed by atoms with van der Waals surface area (Å²) in [6.45, 7) is 4.73. The van der Waals surface area contributed by atoms with Crippen LogP contribution in [0.1, 0.15) is 28.7 Å². The van der Waals surface area contributed by atoms with Gasteiger partial charge in [-0.25, -0.2) is 4.98 Å². The van der Waals surface area contributed by atoms with Gasteiger partial charge < -0.3 is 4.57 Å². The second-order valence-electron chi connectivity index (χ2n) is 3.74. The lowest BCUT2D eigenvalue weighted by Gasteiger charge is -2.04. The molecular formula is C13H14N2O. The number of carbonyl (C=O) groups excluding carboxylic acids is 1. The molecular weight excluding hydrogens is 200 g/mol. The van der Waals surface area contributed by atoms with Crippen molar-refractivity contribution >= 4 is 5.78 Å². The largest absolute Gasteiger partial charge is 0.328 e. The maximum atomic E-state index is 12.2. The molecule has 1 aromatic heterocycles. The van der Waals surface area contributed by atoms with Crippen molar-refractivity contribution in [1.29, 1.82) is 0 Å². The normalized spacial score (nSPS) is 10.4. The minimum absolute atomic E-state index is 0.0180. The molecule has 0 saturated heterocycles. The molecule has 1 aromatic carbocycles. The molecule has 82 valence electrons. The maximum absolute atomic E-state index is 12.2. The number of imidazole rings is 1. The number of hydrogen-bond donors (Lipinski definition) is 0. The lowest BCUT2D eigenvalue weighted by Crippen LogP contribution is -2.10. The molecule has 2 rings (SSSR count). The van der Waals surface area contributed by atoms with E-state index >= 15 is 0 Å². The smallest absolute Gasteiger partial charge is 0.228 e. The minimum atomic E-state index is -0.0180. The van der Waals surface area contributed by atoms with Gasteiger partial charge in [0.2, 0.25) is 5.78 Å². The van der Waals surface area contributed by atoms with E-state index in [0.29, 0.717) is 11.4 Å². The molecule has 0 spiro atoms. The molecule has 0 aliphatic heterocycles. The summed E-state index contributed by atoms with van der Waals surface area (Å²) in [6, 6.07) is 7.58. The van der Waals surface area contributed by atoms with E-state index < -0.39 is 0 Å². The molecule has 0 amide bonds. The highest BCUT2D eigenvalue weighted by Gasteiger charge is 2.14. The monoisotopic (exact) mass is 214 g/mol. The predicted octanol–water partition coefficient (Wildman–Crippen LogP) is 2.44. The molecule has 3 nitrogen and oxygen atoms in total. The first-order valence-corrected chi connectivity index (χ1v) is 5.35. The van der Waals surface area contributed by atoms with E-state index in [2.05, 4.69) is 4.98 Å². The van der Waals surface area contributed by atoms with Crippen molar-refractivity contribution in [2.75, 3.05) is 0 Å². The van der Waals surface area contributed by atoms with Crippen molar-refractivity contribution in [3.8, 4) is 0 Å². The number of aryl methyl sites for hydroxylation is 2. The van der Waals surface area contributed by atoms with Crippen LogP contribution in [-0.4, -0.2) is 15.3 Å². The molecule has 0 aliphatic rings. The van der Waals surface area contributed by atoms with Gasteiger partial charge in [0.1, 0.15) is 0 Å². The molecule has 0 fully saturated rings. The molecule has 0 N–H and O–H groups in total. The quantitative estimate of drug-likeness (QED) is 0.735. The summed E-state index contributed by atoms with van der Waals surface area (Å²) in [7, 11) is 0. The van der Waals surface area contributed by atoms with Crippen molar-refractivity contribution < 1.29 is 4.79 Å². The Bertz CT molecular complexity index is 514. The summed E-state index contributed by atoms with van der Waals surface area (Å²) in [4.78, 5) is 16.3. The van der Waals surface area contributed by atoms with Gasteiger partial charge in [-0.15, -0.1) is 0 Å². The summed E-state index contributed by atoms with van der Waals surface area (Å²) in [5.74, 6) is 0.489. The molecule has 0 aliphatic carbocycles. The highest BCUT2D eigenvalue weighted by atomic mass is 16.1. The van der Waals surface area contributed by atoms with Crippen LogP contribution >= 0.6 is 0 Å². The first kappa shape index (κ1) is 10.6. The fourth-order valence-corrected chi connectivity index (χ4v) is 1.69. The summed E-state index contributed by atoms with van der Waals surface area (Å²) in [5, 5.41) is 0. The van der Waals surface area contributed by atoms with Gasteiger partial charge in [-0.1, -0.05) is 23.8 Å². The van der Waals surface area contributed by atoms with Crippen molar-refractivity contribution in [1.82, 2.24) is 9.55 Å². The first-order valence-electron chi connectivity index (χ1n) is 5.35. The second-order valence-corrected chi connectivity index (χ2v) is 3.74. The van der Waals surface area contributed by atoms with Gasteiger partial charge >= 0.3 is 0 Å². The van der Waals surface area contributed by atoms with E-state index in [-0.39, 0.29) is 5.78 Å². The molecule has 0 atom stereocenters. The zero-order chi connectivity index (χ0) is 11.5. The standard InChI is InChI=1S/C13H14N2O/c1-3-15-8-7-14-13(15)12(16)11-6-4-5-10(2)9-11/h4-9H,3H2,1-2H3. The van der Waals surface area contributed by atoms with E-state index in [1.54, 1.807) is 6.20 Å². The highest BCUT2D eigenvalue weighted by molar-refractivity contribution is 6.06. The topological polar surface area (TPSA) is 34.9 Å². The van der Waals surface area contributed by atoms with Crippen LogP contribution in [0.15, 0.2) is 36.7 Å². The van der Waals surface area contributed by atoms with E-state index in [1.807, 2.05) is 48.9 Å². The SMILES string of the molecule is CCn1ccnc1C(=O)c1cccc(C)c1. The van der Waals surface area contributed by atoms with Crippen LogP contribution < -0.4 is 0 Å². The van der Waals surface area contributed by atoms with Gasteiger partial charge in [0.05, 0.1) is 0 Å². The first-order chi connectivity index (χ1) is 7.72. The highest BCUT2D eigenvalue weighted by Crippen LogP contribution is 2.10. The number of carbonyl (C=O) groups is 1. The molecule has 3 heteroatoms. The third-order valence-electron chi connectivity index (χ3n) is 2.54. The lowest BCUT2D eigenvalue weighted by molar-refractivity contribution is 0.102. The zero-order valence-electron chi connectivity index (χ0n) is 9.47. The maximum Gasteiger partial charge on any atom is 0.228 e. The van der Waals surface area contributed by atoms with Crippen molar-refractivity contribution in [2.24, 2.45) is 0 Å². The van der Waals surface area contributed by atoms with Gasteiger partial charge in [0.15, 0.2) is 5.82 Å². The fraction of sp³-hybridized carbons (Fsp3) is 0.231. The Balaban J connectivity index is 2.39. The van der Waals surface area contributed by atoms with E-state index in [9.17, 15) is 4.79 Å². The van der Waals surface area contributed by atoms with Crippen LogP contribution in [0.5, 0.6) is 0 Å². The van der Waals surface area contributed by atoms with Crippen molar-refractivity contribution in [3.05, 3.63) is 53.6 Å². The van der Waals surface area contributed by atoms with E-state index in [0.717, 1.165) is 12.1 Å². The van der Waals surface area contributed by atoms with Crippen LogP contribution in [-0.2, 0) is 6.54 Å². The van der Waals surface area contributed by atoms with Gasteiger partial charge in [0.25, 0.3) is 0 Å². The van der Waals surface area contributed by atoms with Gasteiger partial charge in [0, 0.05) is 24.5 Å². The Morgan fingerprint density at radius 3 is 2.94 bits per heavy atom. The number of ketones is 1. The van der Waals surface area contributed by atoms with Crippen molar-refractivity contribution in [3.63, 3.8) is 0 Å². The number of rotatable bonds is 3. The number of benzene rings is 1. The number of nitrogens with zero attached hydrogens (tertiary/aromatic N) is 2. The minimum Gasteiger partial charge on any atom is -0.328 e. The average Bonchev–Trinajstić information content (AvgIpc) is 2.76. The summed E-state index contributed by atoms with van der Waals surface area (Å²) in [5.41, 5.74) is 1.78. The fourth-order valence-electron chi connectivity index (χ4n) is 1.69. The number of aromatic nitrogens is 2. The Kier molecular flexibility index (Phi) is 2.86. The molecule has 2 aromatic rings. The molecule has 0 unspecified atom stereocenters. The van der Waals surface area contributed by atoms with Crippen LogP contribution in [0.3, 0.4) is 0 Å². The third kappa shape index (κ3) is 1.89. The average molecular weight is 214 g/mol. The molecule has 0 radical (unpaired) electrons. The van der Waals surface area contributed by atoms with Gasteiger partial charge in [-0.05, 0) is 19.9 Å². The summed E-state index contributed by atoms with van der Waals surface area (Å²) >= 11 is 0. The Morgan fingerprint density at radius 1 is 1.44 bits per heavy atom.